The average molecular weight is 479 g/mol. The van der Waals surface area contributed by atoms with Crippen LogP contribution in [0.2, 0.25) is 0 Å². The molecule has 1 fully saturated rings. The lowest BCUT2D eigenvalue weighted by molar-refractivity contribution is 0.0888. The zero-order valence-corrected chi connectivity index (χ0v) is 18.1. The molecule has 26 heavy (non-hydrogen) atoms. The maximum absolute atomic E-state index is 5.70. The van der Waals surface area contributed by atoms with Crippen LogP contribution < -0.4 is 20.1 Å². The molecule has 8 heteroatoms. The molecule has 0 bridgehead atoms. The van der Waals surface area contributed by atoms with Crippen molar-refractivity contribution in [3.63, 3.8) is 0 Å². The molecule has 1 aromatic rings. The van der Waals surface area contributed by atoms with Crippen LogP contribution in [0.5, 0.6) is 11.5 Å². The van der Waals surface area contributed by atoms with Crippen LogP contribution in [0.1, 0.15) is 12.8 Å². The summed E-state index contributed by atoms with van der Waals surface area (Å²) in [6.45, 7) is 4.01. The van der Waals surface area contributed by atoms with Gasteiger partial charge in [-0.2, -0.15) is 0 Å². The molecule has 1 heterocycles. The topological polar surface area (TPSA) is 73.3 Å². The molecule has 1 saturated heterocycles. The second kappa shape index (κ2) is 13.0. The van der Waals surface area contributed by atoms with Crippen molar-refractivity contribution in [3.05, 3.63) is 18.2 Å². The summed E-state index contributed by atoms with van der Waals surface area (Å²) in [4.78, 5) is 4.23. The van der Waals surface area contributed by atoms with Crippen LogP contribution in [0, 0.1) is 5.92 Å². The SMILES string of the molecule is CN=C(NCCCOCC1CCOC1)Nc1ccc(OC)c(OC)c1.I. The minimum atomic E-state index is 0. The fourth-order valence-electron chi connectivity index (χ4n) is 2.58. The monoisotopic (exact) mass is 479 g/mol. The zero-order chi connectivity index (χ0) is 17.9. The average Bonchev–Trinajstić information content (AvgIpc) is 3.16. The molecule has 0 aromatic heterocycles. The van der Waals surface area contributed by atoms with Crippen LogP contribution >= 0.6 is 24.0 Å². The lowest BCUT2D eigenvalue weighted by atomic mass is 10.1. The van der Waals surface area contributed by atoms with Gasteiger partial charge < -0.3 is 29.6 Å². The summed E-state index contributed by atoms with van der Waals surface area (Å²) in [6.07, 6.45) is 2.03. The van der Waals surface area contributed by atoms with E-state index in [1.54, 1.807) is 21.3 Å². The number of benzene rings is 1. The summed E-state index contributed by atoms with van der Waals surface area (Å²) in [5.74, 6) is 2.64. The maximum Gasteiger partial charge on any atom is 0.195 e. The molecular formula is C18H30IN3O4. The summed E-state index contributed by atoms with van der Waals surface area (Å²) in [5.41, 5.74) is 0.878. The molecule has 7 nitrogen and oxygen atoms in total. The normalized spacial score (nSPS) is 16.7. The standard InChI is InChI=1S/C18H29N3O4.HI/c1-19-18(20-8-4-9-24-12-14-7-10-25-13-14)21-15-5-6-16(22-2)17(11-15)23-3;/h5-6,11,14H,4,7-10,12-13H2,1-3H3,(H2,19,20,21);1H. The van der Waals surface area contributed by atoms with Crippen molar-refractivity contribution >= 4 is 35.6 Å². The summed E-state index contributed by atoms with van der Waals surface area (Å²) < 4.78 is 21.6. The van der Waals surface area contributed by atoms with Crippen molar-refractivity contribution in [1.29, 1.82) is 0 Å². The van der Waals surface area contributed by atoms with Gasteiger partial charge in [-0.05, 0) is 25.0 Å². The number of ether oxygens (including phenoxy) is 4. The van der Waals surface area contributed by atoms with Crippen molar-refractivity contribution in [2.75, 3.05) is 59.6 Å². The molecule has 1 aliphatic rings. The quantitative estimate of drug-likeness (QED) is 0.246. The van der Waals surface area contributed by atoms with Crippen LogP contribution in [0.15, 0.2) is 23.2 Å². The Kier molecular flexibility index (Phi) is 11.4. The van der Waals surface area contributed by atoms with Crippen LogP contribution in [-0.2, 0) is 9.47 Å². The van der Waals surface area contributed by atoms with Crippen LogP contribution in [0.3, 0.4) is 0 Å². The molecule has 0 radical (unpaired) electrons. The van der Waals surface area contributed by atoms with Crippen LogP contribution in [0.4, 0.5) is 5.69 Å². The first-order chi connectivity index (χ1) is 12.3. The molecule has 1 aliphatic heterocycles. The molecule has 0 saturated carbocycles. The Morgan fingerprint density at radius 1 is 1.27 bits per heavy atom. The Balaban J connectivity index is 0.00000338. The minimum absolute atomic E-state index is 0. The smallest absolute Gasteiger partial charge is 0.195 e. The molecule has 1 unspecified atom stereocenters. The molecule has 2 rings (SSSR count). The largest absolute Gasteiger partial charge is 0.493 e. The highest BCUT2D eigenvalue weighted by Crippen LogP contribution is 2.29. The third kappa shape index (κ3) is 7.55. The number of nitrogens with zero attached hydrogens (tertiary/aromatic N) is 1. The van der Waals surface area contributed by atoms with Gasteiger partial charge in [-0.15, -0.1) is 24.0 Å². The summed E-state index contributed by atoms with van der Waals surface area (Å²) >= 11 is 0. The van der Waals surface area contributed by atoms with Gasteiger partial charge in [0.15, 0.2) is 17.5 Å². The van der Waals surface area contributed by atoms with Crippen molar-refractivity contribution < 1.29 is 18.9 Å². The number of rotatable bonds is 9. The Labute approximate surface area is 172 Å². The predicted octanol–water partition coefficient (Wildman–Crippen LogP) is 2.75. The first kappa shape index (κ1) is 22.8. The van der Waals surface area contributed by atoms with Crippen LogP contribution in [-0.4, -0.2) is 60.2 Å². The van der Waals surface area contributed by atoms with E-state index in [1.807, 2.05) is 18.2 Å². The molecule has 148 valence electrons. The number of guanidine groups is 1. The van der Waals surface area contributed by atoms with Crippen molar-refractivity contribution in [3.8, 4) is 11.5 Å². The van der Waals surface area contributed by atoms with E-state index < -0.39 is 0 Å². The van der Waals surface area contributed by atoms with Gasteiger partial charge in [-0.25, -0.2) is 0 Å². The Morgan fingerprint density at radius 2 is 2.08 bits per heavy atom. The van der Waals surface area contributed by atoms with E-state index >= 15 is 0 Å². The van der Waals surface area contributed by atoms with E-state index in [2.05, 4.69) is 15.6 Å². The summed E-state index contributed by atoms with van der Waals surface area (Å²) in [7, 11) is 4.98. The third-order valence-corrected chi connectivity index (χ3v) is 4.01. The van der Waals surface area contributed by atoms with E-state index in [0.29, 0.717) is 23.4 Å². The van der Waals surface area contributed by atoms with Gasteiger partial charge >= 0.3 is 0 Å². The highest BCUT2D eigenvalue weighted by atomic mass is 127. The van der Waals surface area contributed by atoms with Gasteiger partial charge in [0.2, 0.25) is 0 Å². The highest BCUT2D eigenvalue weighted by molar-refractivity contribution is 14.0. The number of aliphatic imine (C=N–C) groups is 1. The molecule has 1 aromatic carbocycles. The molecule has 1 atom stereocenters. The van der Waals surface area contributed by atoms with Gasteiger partial charge in [0.05, 0.1) is 27.4 Å². The number of anilines is 1. The summed E-state index contributed by atoms with van der Waals surface area (Å²) in [6, 6.07) is 5.65. The molecule has 0 aliphatic carbocycles. The molecule has 2 N–H and O–H groups in total. The molecule has 0 amide bonds. The number of nitrogens with one attached hydrogen (secondary N) is 2. The number of methoxy groups -OCH3 is 2. The first-order valence-corrected chi connectivity index (χ1v) is 8.62. The fourth-order valence-corrected chi connectivity index (χ4v) is 2.58. The van der Waals surface area contributed by atoms with E-state index in [4.69, 9.17) is 18.9 Å². The second-order valence-corrected chi connectivity index (χ2v) is 5.85. The van der Waals surface area contributed by atoms with Crippen molar-refractivity contribution in [1.82, 2.24) is 5.32 Å². The minimum Gasteiger partial charge on any atom is -0.493 e. The van der Waals surface area contributed by atoms with Crippen LogP contribution in [0.25, 0.3) is 0 Å². The van der Waals surface area contributed by atoms with Crippen molar-refractivity contribution in [2.45, 2.75) is 12.8 Å². The fraction of sp³-hybridized carbons (Fsp3) is 0.611. The van der Waals surface area contributed by atoms with E-state index in [0.717, 1.165) is 51.5 Å². The first-order valence-electron chi connectivity index (χ1n) is 8.62. The van der Waals surface area contributed by atoms with Gasteiger partial charge in [-0.3, -0.25) is 4.99 Å². The van der Waals surface area contributed by atoms with Crippen molar-refractivity contribution in [2.24, 2.45) is 10.9 Å². The Hall–Kier alpha value is -1.26. The van der Waals surface area contributed by atoms with Gasteiger partial charge in [0.1, 0.15) is 0 Å². The Bertz CT molecular complexity index is 551. The zero-order valence-electron chi connectivity index (χ0n) is 15.7. The third-order valence-electron chi connectivity index (χ3n) is 4.01. The van der Waals surface area contributed by atoms with E-state index in [-0.39, 0.29) is 24.0 Å². The highest BCUT2D eigenvalue weighted by Gasteiger charge is 2.15. The van der Waals surface area contributed by atoms with E-state index in [1.165, 1.54) is 0 Å². The summed E-state index contributed by atoms with van der Waals surface area (Å²) in [5, 5.41) is 6.51. The molecular weight excluding hydrogens is 449 g/mol. The number of hydrogen-bond acceptors (Lipinski definition) is 5. The number of halogens is 1. The van der Waals surface area contributed by atoms with Gasteiger partial charge in [-0.1, -0.05) is 0 Å². The lowest BCUT2D eigenvalue weighted by Gasteiger charge is -2.14. The van der Waals surface area contributed by atoms with E-state index in [9.17, 15) is 0 Å². The second-order valence-electron chi connectivity index (χ2n) is 5.85. The van der Waals surface area contributed by atoms with Gasteiger partial charge in [0.25, 0.3) is 0 Å². The maximum atomic E-state index is 5.70. The predicted molar refractivity (Wildman–Crippen MR) is 114 cm³/mol. The van der Waals surface area contributed by atoms with Gasteiger partial charge in [0, 0.05) is 44.5 Å². The number of hydrogen-bond donors (Lipinski definition) is 2. The molecule has 0 spiro atoms. The lowest BCUT2D eigenvalue weighted by Crippen LogP contribution is -2.32. The Morgan fingerprint density at radius 3 is 2.73 bits per heavy atom.